The topological polar surface area (TPSA) is 122 Å². The zero-order valence-electron chi connectivity index (χ0n) is 19.6. The van der Waals surface area contributed by atoms with Crippen LogP contribution in [0.25, 0.3) is 5.70 Å². The Morgan fingerprint density at radius 2 is 1.83 bits per heavy atom. The molecule has 1 heterocycles. The van der Waals surface area contributed by atoms with Gasteiger partial charge in [0.25, 0.3) is 5.91 Å². The van der Waals surface area contributed by atoms with Gasteiger partial charge in [0.15, 0.2) is 7.85 Å². The maximum absolute atomic E-state index is 11.9. The van der Waals surface area contributed by atoms with Crippen LogP contribution in [-0.4, -0.2) is 84.9 Å². The van der Waals surface area contributed by atoms with Crippen molar-refractivity contribution in [1.29, 1.82) is 5.26 Å². The molecular formula is C24H23B3N6O3. The van der Waals surface area contributed by atoms with E-state index in [-0.39, 0.29) is 25.5 Å². The second-order valence-electron chi connectivity index (χ2n) is 8.10. The van der Waals surface area contributed by atoms with E-state index in [1.165, 1.54) is 0 Å². The van der Waals surface area contributed by atoms with E-state index in [2.05, 4.69) is 27.3 Å². The number of anilines is 2. The lowest BCUT2D eigenvalue weighted by molar-refractivity contribution is -0.169. The van der Waals surface area contributed by atoms with Crippen LogP contribution < -0.4 is 15.5 Å². The van der Waals surface area contributed by atoms with Crippen molar-refractivity contribution in [2.75, 3.05) is 36.5 Å². The Kier molecular flexibility index (Phi) is 8.75. The van der Waals surface area contributed by atoms with Crippen LogP contribution in [0.3, 0.4) is 0 Å². The van der Waals surface area contributed by atoms with E-state index < -0.39 is 11.1 Å². The number of benzene rings is 2. The molecule has 0 bridgehead atoms. The molecule has 0 aromatic heterocycles. The minimum absolute atomic E-state index is 0.0172. The van der Waals surface area contributed by atoms with Gasteiger partial charge < -0.3 is 25.4 Å². The summed E-state index contributed by atoms with van der Waals surface area (Å²) < 4.78 is 5.07. The van der Waals surface area contributed by atoms with Crippen molar-refractivity contribution in [1.82, 2.24) is 5.32 Å². The van der Waals surface area contributed by atoms with E-state index >= 15 is 0 Å². The van der Waals surface area contributed by atoms with Crippen LogP contribution in [0.2, 0.25) is 0 Å². The molecule has 1 saturated heterocycles. The molecule has 1 aliphatic rings. The normalized spacial score (nSPS) is 19.4. The number of rotatable bonds is 9. The summed E-state index contributed by atoms with van der Waals surface area (Å²) >= 11 is 0. The number of ether oxygens (including phenoxy) is 1. The summed E-state index contributed by atoms with van der Waals surface area (Å²) in [6.07, 6.45) is 3.32. The van der Waals surface area contributed by atoms with E-state index in [9.17, 15) is 9.90 Å². The molecule has 9 nitrogen and oxygen atoms in total. The van der Waals surface area contributed by atoms with Gasteiger partial charge in [0, 0.05) is 40.7 Å². The van der Waals surface area contributed by atoms with E-state index in [0.717, 1.165) is 16.9 Å². The minimum atomic E-state index is -1.95. The Morgan fingerprint density at radius 1 is 1.17 bits per heavy atom. The van der Waals surface area contributed by atoms with Crippen molar-refractivity contribution < 1.29 is 14.6 Å². The standard InChI is InChI=1S/C24H23B3N6O3/c1-29-21(17-2-4-18(5-3-17)22(34)31-13-11-28)10-12-30-16-32-19-6-8-20(9-7-19)33-14-23(25,26)36-24(27,35)15-33/h2-10,12,32,35H,1,13-16H2,(H,31,34)/b21-10-,30-12?. The first-order valence-electron chi connectivity index (χ1n) is 10.9. The lowest BCUT2D eigenvalue weighted by Gasteiger charge is -2.48. The second kappa shape index (κ2) is 11.8. The SMILES string of the molecule is [B]C1([B])CN(c2ccc(NCN=C/C=C(\N=C)c3ccc(C(=O)NCC#N)cc3)cc2)CC([B])(O)O1. The number of nitrogens with one attached hydrogen (secondary N) is 2. The molecule has 1 unspecified atom stereocenters. The number of aliphatic imine (C=N–C) groups is 2. The summed E-state index contributed by atoms with van der Waals surface area (Å²) in [6, 6.07) is 16.0. The third-order valence-corrected chi connectivity index (χ3v) is 5.11. The van der Waals surface area contributed by atoms with Gasteiger partial charge in [0.1, 0.15) is 34.6 Å². The van der Waals surface area contributed by atoms with E-state index in [4.69, 9.17) is 33.5 Å². The molecule has 1 aliphatic heterocycles. The number of carbonyl (C=O) groups excluding carboxylic acids is 1. The van der Waals surface area contributed by atoms with Gasteiger partial charge in [-0.3, -0.25) is 14.8 Å². The van der Waals surface area contributed by atoms with Crippen LogP contribution in [0.5, 0.6) is 0 Å². The van der Waals surface area contributed by atoms with Gasteiger partial charge in [-0.25, -0.2) is 0 Å². The predicted molar refractivity (Wildman–Crippen MR) is 144 cm³/mol. The van der Waals surface area contributed by atoms with Crippen LogP contribution >= 0.6 is 0 Å². The molecule has 3 N–H and O–H groups in total. The summed E-state index contributed by atoms with van der Waals surface area (Å²) in [5.74, 6) is -0.321. The highest BCUT2D eigenvalue weighted by atomic mass is 16.6. The fourth-order valence-corrected chi connectivity index (χ4v) is 3.56. The molecule has 36 heavy (non-hydrogen) atoms. The van der Waals surface area contributed by atoms with Gasteiger partial charge in [0.2, 0.25) is 0 Å². The lowest BCUT2D eigenvalue weighted by atomic mass is 9.63. The molecule has 1 atom stereocenters. The van der Waals surface area contributed by atoms with E-state index in [1.54, 1.807) is 41.5 Å². The fourth-order valence-electron chi connectivity index (χ4n) is 3.56. The molecular weight excluding hydrogens is 453 g/mol. The number of hydrogen-bond donors (Lipinski definition) is 3. The number of nitriles is 1. The van der Waals surface area contributed by atoms with Crippen LogP contribution in [0.4, 0.5) is 11.4 Å². The zero-order chi connectivity index (χ0) is 26.2. The van der Waals surface area contributed by atoms with Gasteiger partial charge in [-0.05, 0) is 49.2 Å². The quantitative estimate of drug-likeness (QED) is 0.280. The molecule has 0 aliphatic carbocycles. The first-order valence-corrected chi connectivity index (χ1v) is 10.9. The first-order chi connectivity index (χ1) is 17.1. The molecule has 3 rings (SSSR count). The smallest absolute Gasteiger partial charge is 0.252 e. The Morgan fingerprint density at radius 3 is 2.44 bits per heavy atom. The largest absolute Gasteiger partial charge is 0.373 e. The van der Waals surface area contributed by atoms with Crippen molar-refractivity contribution in [3.8, 4) is 6.07 Å². The number of amides is 1. The molecule has 176 valence electrons. The highest BCUT2D eigenvalue weighted by Gasteiger charge is 2.38. The third kappa shape index (κ3) is 7.60. The Balaban J connectivity index is 1.54. The summed E-state index contributed by atoms with van der Waals surface area (Å²) in [7, 11) is 17.3. The predicted octanol–water partition coefficient (Wildman–Crippen LogP) is 0.764. The van der Waals surface area contributed by atoms with Crippen molar-refractivity contribution in [3.05, 3.63) is 65.7 Å². The van der Waals surface area contributed by atoms with Crippen molar-refractivity contribution in [3.63, 3.8) is 0 Å². The minimum Gasteiger partial charge on any atom is -0.373 e. The van der Waals surface area contributed by atoms with Crippen molar-refractivity contribution >= 4 is 59.4 Å². The molecule has 0 spiro atoms. The summed E-state index contributed by atoms with van der Waals surface area (Å²) in [4.78, 5) is 21.9. The van der Waals surface area contributed by atoms with Crippen molar-refractivity contribution in [2.24, 2.45) is 9.98 Å². The van der Waals surface area contributed by atoms with Gasteiger partial charge >= 0.3 is 0 Å². The number of nitrogens with zero attached hydrogens (tertiary/aromatic N) is 4. The number of β-amino-alcohol motifs (C(OH)–C–C–N with tert-alkyl or cyclic N) is 1. The Labute approximate surface area is 214 Å². The molecule has 2 aromatic rings. The van der Waals surface area contributed by atoms with Gasteiger partial charge in [-0.15, -0.1) is 0 Å². The maximum atomic E-state index is 11.9. The summed E-state index contributed by atoms with van der Waals surface area (Å²) in [6.45, 7) is 4.02. The molecule has 1 fully saturated rings. The molecule has 2 aromatic carbocycles. The Bertz CT molecular complexity index is 1160. The fraction of sp³-hybridized carbons (Fsp3) is 0.250. The van der Waals surface area contributed by atoms with Crippen LogP contribution in [0.1, 0.15) is 15.9 Å². The highest BCUT2D eigenvalue weighted by Crippen LogP contribution is 2.27. The first kappa shape index (κ1) is 26.8. The van der Waals surface area contributed by atoms with E-state index in [0.29, 0.717) is 17.9 Å². The number of aliphatic hydroxyl groups is 1. The van der Waals surface area contributed by atoms with Crippen LogP contribution in [0, 0.1) is 11.3 Å². The highest BCUT2D eigenvalue weighted by molar-refractivity contribution is 6.39. The monoisotopic (exact) mass is 476 g/mol. The number of hydrogen-bond acceptors (Lipinski definition) is 8. The number of morpholine rings is 1. The number of allylic oxidation sites excluding steroid dienone is 1. The third-order valence-electron chi connectivity index (χ3n) is 5.11. The molecule has 6 radical (unpaired) electrons. The Hall–Kier alpha value is -3.81. The van der Waals surface area contributed by atoms with Crippen LogP contribution in [0.15, 0.2) is 64.6 Å². The maximum Gasteiger partial charge on any atom is 0.252 e. The van der Waals surface area contributed by atoms with Gasteiger partial charge in [-0.2, -0.15) is 5.26 Å². The molecule has 12 heteroatoms. The molecule has 0 saturated carbocycles. The zero-order valence-corrected chi connectivity index (χ0v) is 19.6. The average molecular weight is 476 g/mol. The lowest BCUT2D eigenvalue weighted by Crippen LogP contribution is -2.63. The average Bonchev–Trinajstić information content (AvgIpc) is 2.83. The second-order valence-corrected chi connectivity index (χ2v) is 8.10. The van der Waals surface area contributed by atoms with Gasteiger partial charge in [-0.1, -0.05) is 12.1 Å². The van der Waals surface area contributed by atoms with Gasteiger partial charge in [0.05, 0.1) is 18.3 Å². The van der Waals surface area contributed by atoms with Crippen molar-refractivity contribution in [2.45, 2.75) is 11.1 Å². The number of carbonyl (C=O) groups is 1. The molecule has 1 amide bonds. The summed E-state index contributed by atoms with van der Waals surface area (Å²) in [5, 5.41) is 22.7. The summed E-state index contributed by atoms with van der Waals surface area (Å²) in [5.41, 5.74) is 1.45. The van der Waals surface area contributed by atoms with E-state index in [1.807, 2.05) is 30.3 Å². The van der Waals surface area contributed by atoms with Crippen LogP contribution in [-0.2, 0) is 4.74 Å².